The number of thiophene rings is 1. The van der Waals surface area contributed by atoms with Crippen molar-refractivity contribution in [2.24, 2.45) is 5.73 Å². The third-order valence-electron chi connectivity index (χ3n) is 3.35. The van der Waals surface area contributed by atoms with Gasteiger partial charge in [-0.3, -0.25) is 4.90 Å². The Balaban J connectivity index is 2.52. The third-order valence-corrected chi connectivity index (χ3v) is 4.36. The van der Waals surface area contributed by atoms with Gasteiger partial charge in [0.2, 0.25) is 0 Å². The second kappa shape index (κ2) is 7.85. The average molecular weight is 254 g/mol. The van der Waals surface area contributed by atoms with Crippen LogP contribution in [0.15, 0.2) is 17.5 Å². The summed E-state index contributed by atoms with van der Waals surface area (Å²) in [7, 11) is 0. The first-order valence-corrected chi connectivity index (χ1v) is 7.60. The summed E-state index contributed by atoms with van der Waals surface area (Å²) in [5.74, 6) is 0. The zero-order valence-electron chi connectivity index (χ0n) is 11.4. The number of hydrogen-bond donors (Lipinski definition) is 1. The zero-order valence-corrected chi connectivity index (χ0v) is 12.2. The fourth-order valence-electron chi connectivity index (χ4n) is 1.96. The van der Waals surface area contributed by atoms with Crippen molar-refractivity contribution in [2.75, 3.05) is 13.1 Å². The number of unbranched alkanes of at least 4 members (excludes halogenated alkanes) is 1. The van der Waals surface area contributed by atoms with E-state index in [0.29, 0.717) is 6.04 Å². The first-order chi connectivity index (χ1) is 8.19. The van der Waals surface area contributed by atoms with Crippen molar-refractivity contribution in [3.63, 3.8) is 0 Å². The first kappa shape index (κ1) is 14.7. The molecule has 1 aromatic rings. The maximum Gasteiger partial charge on any atom is 0.0519 e. The van der Waals surface area contributed by atoms with Gasteiger partial charge in [-0.1, -0.05) is 26.3 Å². The lowest BCUT2D eigenvalue weighted by Crippen LogP contribution is -2.38. The summed E-state index contributed by atoms with van der Waals surface area (Å²) >= 11 is 1.76. The van der Waals surface area contributed by atoms with E-state index in [0.717, 1.165) is 6.54 Å². The summed E-state index contributed by atoms with van der Waals surface area (Å²) in [6.07, 6.45) is 3.71. The van der Waals surface area contributed by atoms with Crippen LogP contribution in [0.5, 0.6) is 0 Å². The fourth-order valence-corrected chi connectivity index (χ4v) is 2.68. The normalized spacial score (nSPS) is 15.1. The molecule has 0 saturated carbocycles. The Labute approximate surface area is 110 Å². The van der Waals surface area contributed by atoms with E-state index in [1.807, 2.05) is 0 Å². The molecule has 1 heterocycles. The Bertz CT molecular complexity index is 284. The highest BCUT2D eigenvalue weighted by molar-refractivity contribution is 7.10. The van der Waals surface area contributed by atoms with Gasteiger partial charge in [0, 0.05) is 17.5 Å². The highest BCUT2D eigenvalue weighted by Gasteiger charge is 2.16. The summed E-state index contributed by atoms with van der Waals surface area (Å²) in [5, 5.41) is 2.11. The van der Waals surface area contributed by atoms with Crippen molar-refractivity contribution in [3.05, 3.63) is 22.4 Å². The SMILES string of the molecule is CCCCN(CC(N)c1cccs1)C(C)CC. The number of nitrogens with two attached hydrogens (primary N) is 1. The van der Waals surface area contributed by atoms with Crippen LogP contribution in [-0.2, 0) is 0 Å². The first-order valence-electron chi connectivity index (χ1n) is 6.72. The Hall–Kier alpha value is -0.380. The lowest BCUT2D eigenvalue weighted by atomic mass is 10.1. The maximum absolute atomic E-state index is 6.27. The van der Waals surface area contributed by atoms with E-state index in [4.69, 9.17) is 5.73 Å². The molecule has 17 heavy (non-hydrogen) atoms. The largest absolute Gasteiger partial charge is 0.322 e. The molecule has 2 nitrogen and oxygen atoms in total. The van der Waals surface area contributed by atoms with Crippen molar-refractivity contribution < 1.29 is 0 Å². The van der Waals surface area contributed by atoms with Crippen molar-refractivity contribution in [1.29, 1.82) is 0 Å². The molecule has 0 aliphatic heterocycles. The monoisotopic (exact) mass is 254 g/mol. The summed E-state index contributed by atoms with van der Waals surface area (Å²) in [5.41, 5.74) is 6.27. The highest BCUT2D eigenvalue weighted by Crippen LogP contribution is 2.19. The summed E-state index contributed by atoms with van der Waals surface area (Å²) < 4.78 is 0. The van der Waals surface area contributed by atoms with Crippen molar-refractivity contribution >= 4 is 11.3 Å². The Morgan fingerprint density at radius 1 is 1.41 bits per heavy atom. The predicted molar refractivity (Wildman–Crippen MR) is 77.5 cm³/mol. The van der Waals surface area contributed by atoms with Crippen molar-refractivity contribution in [3.8, 4) is 0 Å². The molecule has 0 aliphatic rings. The summed E-state index contributed by atoms with van der Waals surface area (Å²) in [4.78, 5) is 3.84. The van der Waals surface area contributed by atoms with Gasteiger partial charge in [0.25, 0.3) is 0 Å². The van der Waals surface area contributed by atoms with Crippen LogP contribution in [0, 0.1) is 0 Å². The van der Waals surface area contributed by atoms with Gasteiger partial charge < -0.3 is 5.73 Å². The average Bonchev–Trinajstić information content (AvgIpc) is 2.87. The minimum Gasteiger partial charge on any atom is -0.322 e. The van der Waals surface area contributed by atoms with Gasteiger partial charge in [0.15, 0.2) is 0 Å². The van der Waals surface area contributed by atoms with Crippen LogP contribution >= 0.6 is 11.3 Å². The molecule has 0 saturated heterocycles. The second-order valence-electron chi connectivity index (χ2n) is 4.73. The minimum absolute atomic E-state index is 0.167. The highest BCUT2D eigenvalue weighted by atomic mass is 32.1. The van der Waals surface area contributed by atoms with E-state index in [2.05, 4.69) is 43.2 Å². The van der Waals surface area contributed by atoms with E-state index in [-0.39, 0.29) is 6.04 Å². The van der Waals surface area contributed by atoms with Crippen LogP contribution < -0.4 is 5.73 Å². The van der Waals surface area contributed by atoms with E-state index in [1.54, 1.807) is 11.3 Å². The maximum atomic E-state index is 6.27. The molecular formula is C14H26N2S. The quantitative estimate of drug-likeness (QED) is 0.767. The van der Waals surface area contributed by atoms with Crippen LogP contribution in [0.25, 0.3) is 0 Å². The van der Waals surface area contributed by atoms with E-state index < -0.39 is 0 Å². The van der Waals surface area contributed by atoms with Gasteiger partial charge >= 0.3 is 0 Å². The molecule has 0 radical (unpaired) electrons. The van der Waals surface area contributed by atoms with E-state index >= 15 is 0 Å². The molecule has 0 fully saturated rings. The zero-order chi connectivity index (χ0) is 12.7. The standard InChI is InChI=1S/C14H26N2S/c1-4-6-9-16(12(3)5-2)11-13(15)14-8-7-10-17-14/h7-8,10,12-13H,4-6,9,11,15H2,1-3H3. The van der Waals surface area contributed by atoms with Gasteiger partial charge in [0.05, 0.1) is 6.04 Å². The Kier molecular flexibility index (Phi) is 6.78. The minimum atomic E-state index is 0.167. The molecule has 0 spiro atoms. The Morgan fingerprint density at radius 3 is 2.71 bits per heavy atom. The molecule has 3 heteroatoms. The fraction of sp³-hybridized carbons (Fsp3) is 0.714. The van der Waals surface area contributed by atoms with Crippen molar-refractivity contribution in [1.82, 2.24) is 4.90 Å². The summed E-state index contributed by atoms with van der Waals surface area (Å²) in [6, 6.07) is 5.03. The topological polar surface area (TPSA) is 29.3 Å². The molecular weight excluding hydrogens is 228 g/mol. The van der Waals surface area contributed by atoms with Gasteiger partial charge in [-0.25, -0.2) is 0 Å². The molecule has 0 amide bonds. The summed E-state index contributed by atoms with van der Waals surface area (Å²) in [6.45, 7) is 8.95. The predicted octanol–water partition coefficient (Wildman–Crippen LogP) is 3.65. The van der Waals surface area contributed by atoms with E-state index in [1.165, 1.54) is 30.7 Å². The molecule has 1 aromatic heterocycles. The molecule has 2 N–H and O–H groups in total. The van der Waals surface area contributed by atoms with Crippen LogP contribution in [0.3, 0.4) is 0 Å². The van der Waals surface area contributed by atoms with Gasteiger partial charge in [-0.05, 0) is 37.8 Å². The molecule has 2 unspecified atom stereocenters. The molecule has 98 valence electrons. The second-order valence-corrected chi connectivity index (χ2v) is 5.71. The molecule has 2 atom stereocenters. The van der Waals surface area contributed by atoms with Crippen LogP contribution in [0.1, 0.15) is 51.0 Å². The smallest absolute Gasteiger partial charge is 0.0519 e. The molecule has 0 bridgehead atoms. The van der Waals surface area contributed by atoms with E-state index in [9.17, 15) is 0 Å². The Morgan fingerprint density at radius 2 is 2.18 bits per heavy atom. The van der Waals surface area contributed by atoms with Crippen molar-refractivity contribution in [2.45, 2.75) is 52.1 Å². The third kappa shape index (κ3) is 4.78. The number of rotatable bonds is 8. The number of hydrogen-bond acceptors (Lipinski definition) is 3. The van der Waals surface area contributed by atoms with Gasteiger partial charge in [0.1, 0.15) is 0 Å². The molecule has 1 rings (SSSR count). The molecule has 0 aromatic carbocycles. The molecule has 0 aliphatic carbocycles. The van der Waals surface area contributed by atoms with Crippen LogP contribution in [-0.4, -0.2) is 24.0 Å². The lowest BCUT2D eigenvalue weighted by Gasteiger charge is -2.30. The number of nitrogens with zero attached hydrogens (tertiary/aromatic N) is 1. The lowest BCUT2D eigenvalue weighted by molar-refractivity contribution is 0.190. The van der Waals surface area contributed by atoms with Gasteiger partial charge in [-0.15, -0.1) is 11.3 Å². The van der Waals surface area contributed by atoms with Gasteiger partial charge in [-0.2, -0.15) is 0 Å². The van der Waals surface area contributed by atoms with Crippen LogP contribution in [0.4, 0.5) is 0 Å². The van der Waals surface area contributed by atoms with Crippen LogP contribution in [0.2, 0.25) is 0 Å².